The maximum absolute atomic E-state index is 2.52. The van der Waals surface area contributed by atoms with Crippen LogP contribution < -0.4 is 4.90 Å². The highest BCUT2D eigenvalue weighted by Gasteiger charge is 2.11. The number of piperidine rings is 1. The van der Waals surface area contributed by atoms with Gasteiger partial charge in [0.05, 0.1) is 0 Å². The summed E-state index contributed by atoms with van der Waals surface area (Å²) in [5.74, 6) is 0. The van der Waals surface area contributed by atoms with Crippen molar-refractivity contribution in [3.05, 3.63) is 59.7 Å². The van der Waals surface area contributed by atoms with E-state index >= 15 is 0 Å². The molecule has 2 aromatic rings. The summed E-state index contributed by atoms with van der Waals surface area (Å²) < 4.78 is 0. The number of rotatable bonds is 2. The van der Waals surface area contributed by atoms with E-state index in [2.05, 4.69) is 59.5 Å². The van der Waals surface area contributed by atoms with Crippen LogP contribution in [0.5, 0.6) is 0 Å². The summed E-state index contributed by atoms with van der Waals surface area (Å²) in [5, 5.41) is 0. The molecule has 1 fully saturated rings. The Hall–Kier alpha value is -2.02. The molecule has 1 heteroatoms. The molecule has 0 N–H and O–H groups in total. The zero-order chi connectivity index (χ0) is 15.5. The van der Waals surface area contributed by atoms with Gasteiger partial charge in [0.25, 0.3) is 0 Å². The Bertz CT molecular complexity index is 690. The molecular formula is C22H25N. The predicted molar refractivity (Wildman–Crippen MR) is 99.9 cm³/mol. The van der Waals surface area contributed by atoms with Gasteiger partial charge in [0.2, 0.25) is 0 Å². The monoisotopic (exact) mass is 303 g/mol. The van der Waals surface area contributed by atoms with Crippen molar-refractivity contribution in [1.29, 1.82) is 0 Å². The van der Waals surface area contributed by atoms with Gasteiger partial charge >= 0.3 is 0 Å². The summed E-state index contributed by atoms with van der Waals surface area (Å²) in [5.41, 5.74) is 6.93. The van der Waals surface area contributed by atoms with Crippen molar-refractivity contribution in [3.63, 3.8) is 0 Å². The van der Waals surface area contributed by atoms with Crippen LogP contribution >= 0.6 is 0 Å². The molecule has 2 aliphatic rings. The minimum Gasteiger partial charge on any atom is -0.372 e. The molecule has 0 atom stereocenters. The topological polar surface area (TPSA) is 3.24 Å². The van der Waals surface area contributed by atoms with Crippen molar-refractivity contribution in [2.45, 2.75) is 38.5 Å². The summed E-state index contributed by atoms with van der Waals surface area (Å²) >= 11 is 0. The Kier molecular flexibility index (Phi) is 4.19. The lowest BCUT2D eigenvalue weighted by molar-refractivity contribution is 0.578. The van der Waals surface area contributed by atoms with Crippen molar-refractivity contribution < 1.29 is 0 Å². The number of anilines is 1. The van der Waals surface area contributed by atoms with E-state index in [1.165, 1.54) is 79.6 Å². The third-order valence-electron chi connectivity index (χ3n) is 5.18. The van der Waals surface area contributed by atoms with E-state index in [1.54, 1.807) is 0 Å². The molecule has 4 rings (SSSR count). The SMILES string of the molecule is C1=Cc2cc(-c3ccc(N4CCCCC4)cc3)ccc2CCC1. The Morgan fingerprint density at radius 3 is 2.35 bits per heavy atom. The van der Waals surface area contributed by atoms with Crippen molar-refractivity contribution in [1.82, 2.24) is 0 Å². The number of aryl methyl sites for hydroxylation is 1. The highest BCUT2D eigenvalue weighted by atomic mass is 15.1. The van der Waals surface area contributed by atoms with Crippen LogP contribution in [0.25, 0.3) is 17.2 Å². The van der Waals surface area contributed by atoms with Crippen LogP contribution in [-0.2, 0) is 6.42 Å². The highest BCUT2D eigenvalue weighted by Crippen LogP contribution is 2.28. The Morgan fingerprint density at radius 1 is 0.739 bits per heavy atom. The van der Waals surface area contributed by atoms with Crippen LogP contribution in [0, 0.1) is 0 Å². The molecule has 0 radical (unpaired) electrons. The molecule has 118 valence electrons. The number of hydrogen-bond donors (Lipinski definition) is 0. The van der Waals surface area contributed by atoms with E-state index in [0.29, 0.717) is 0 Å². The average molecular weight is 303 g/mol. The number of benzene rings is 2. The lowest BCUT2D eigenvalue weighted by Crippen LogP contribution is -2.29. The van der Waals surface area contributed by atoms with Crippen molar-refractivity contribution in [2.75, 3.05) is 18.0 Å². The average Bonchev–Trinajstić information content (AvgIpc) is 2.87. The Labute approximate surface area is 139 Å². The van der Waals surface area contributed by atoms with Gasteiger partial charge < -0.3 is 4.90 Å². The fourth-order valence-corrected chi connectivity index (χ4v) is 3.79. The Balaban J connectivity index is 1.59. The molecule has 1 aliphatic heterocycles. The molecule has 0 bridgehead atoms. The largest absolute Gasteiger partial charge is 0.372 e. The summed E-state index contributed by atoms with van der Waals surface area (Å²) in [6, 6.07) is 16.1. The second kappa shape index (κ2) is 6.62. The first kappa shape index (κ1) is 14.6. The van der Waals surface area contributed by atoms with Crippen molar-refractivity contribution in [3.8, 4) is 11.1 Å². The second-order valence-corrected chi connectivity index (χ2v) is 6.80. The zero-order valence-electron chi connectivity index (χ0n) is 13.8. The van der Waals surface area contributed by atoms with E-state index in [0.717, 1.165) is 0 Å². The maximum atomic E-state index is 2.52. The minimum atomic E-state index is 1.20. The number of allylic oxidation sites excluding steroid dienone is 1. The molecule has 1 saturated heterocycles. The van der Waals surface area contributed by atoms with Crippen LogP contribution in [0.2, 0.25) is 0 Å². The Morgan fingerprint density at radius 2 is 1.52 bits per heavy atom. The molecule has 0 aromatic heterocycles. The molecule has 0 amide bonds. The zero-order valence-corrected chi connectivity index (χ0v) is 13.8. The molecule has 0 unspecified atom stereocenters. The van der Waals surface area contributed by atoms with Crippen LogP contribution in [0.15, 0.2) is 48.5 Å². The van der Waals surface area contributed by atoms with E-state index in [9.17, 15) is 0 Å². The molecule has 1 heterocycles. The molecule has 23 heavy (non-hydrogen) atoms. The quantitative estimate of drug-likeness (QED) is 0.688. The van der Waals surface area contributed by atoms with Crippen LogP contribution in [0.3, 0.4) is 0 Å². The number of nitrogens with zero attached hydrogens (tertiary/aromatic N) is 1. The maximum Gasteiger partial charge on any atom is 0.0366 e. The third-order valence-corrected chi connectivity index (χ3v) is 5.18. The fraction of sp³-hybridized carbons (Fsp3) is 0.364. The molecule has 2 aromatic carbocycles. The van der Waals surface area contributed by atoms with E-state index < -0.39 is 0 Å². The van der Waals surface area contributed by atoms with Crippen LogP contribution in [0.4, 0.5) is 5.69 Å². The van der Waals surface area contributed by atoms with Gasteiger partial charge in [-0.3, -0.25) is 0 Å². The second-order valence-electron chi connectivity index (χ2n) is 6.80. The number of fused-ring (bicyclic) bond motifs is 1. The molecule has 1 nitrogen and oxygen atoms in total. The van der Waals surface area contributed by atoms with Crippen molar-refractivity contribution in [2.24, 2.45) is 0 Å². The first-order chi connectivity index (χ1) is 11.4. The number of hydrogen-bond acceptors (Lipinski definition) is 1. The van der Waals surface area contributed by atoms with E-state index in [1.807, 2.05) is 0 Å². The van der Waals surface area contributed by atoms with Crippen LogP contribution in [-0.4, -0.2) is 13.1 Å². The summed E-state index contributed by atoms with van der Waals surface area (Å²) in [6.45, 7) is 2.42. The highest BCUT2D eigenvalue weighted by molar-refractivity contribution is 5.71. The smallest absolute Gasteiger partial charge is 0.0366 e. The van der Waals surface area contributed by atoms with Crippen molar-refractivity contribution >= 4 is 11.8 Å². The van der Waals surface area contributed by atoms with Crippen LogP contribution in [0.1, 0.15) is 43.2 Å². The van der Waals surface area contributed by atoms with E-state index in [-0.39, 0.29) is 0 Å². The third kappa shape index (κ3) is 3.19. The van der Waals surface area contributed by atoms with Gasteiger partial charge in [-0.25, -0.2) is 0 Å². The molecule has 1 aliphatic carbocycles. The van der Waals surface area contributed by atoms with E-state index in [4.69, 9.17) is 0 Å². The van der Waals surface area contributed by atoms with Gasteiger partial charge in [0.15, 0.2) is 0 Å². The standard InChI is InChI=1S/C22H25N/c1-3-7-18-9-10-21(17-20(18)8-4-1)19-11-13-22(14-12-19)23-15-5-2-6-16-23/h4,8-14,17H,1-3,5-7,15-16H2. The first-order valence-electron chi connectivity index (χ1n) is 9.05. The van der Waals surface area contributed by atoms with Gasteiger partial charge in [-0.15, -0.1) is 0 Å². The van der Waals surface area contributed by atoms with Gasteiger partial charge in [-0.1, -0.05) is 36.4 Å². The predicted octanol–water partition coefficient (Wildman–Crippen LogP) is 5.69. The summed E-state index contributed by atoms with van der Waals surface area (Å²) in [4.78, 5) is 2.52. The fourth-order valence-electron chi connectivity index (χ4n) is 3.79. The molecule has 0 saturated carbocycles. The minimum absolute atomic E-state index is 1.20. The first-order valence-corrected chi connectivity index (χ1v) is 9.05. The lowest BCUT2D eigenvalue weighted by atomic mass is 9.97. The van der Waals surface area contributed by atoms with Gasteiger partial charge in [0.1, 0.15) is 0 Å². The summed E-state index contributed by atoms with van der Waals surface area (Å²) in [6.07, 6.45) is 12.3. The lowest BCUT2D eigenvalue weighted by Gasteiger charge is -2.28. The van der Waals surface area contributed by atoms with Gasteiger partial charge in [-0.05, 0) is 79.0 Å². The molecular weight excluding hydrogens is 278 g/mol. The normalized spacial score (nSPS) is 17.7. The molecule has 0 spiro atoms. The van der Waals surface area contributed by atoms with Gasteiger partial charge in [-0.2, -0.15) is 0 Å². The van der Waals surface area contributed by atoms with Gasteiger partial charge in [0, 0.05) is 18.8 Å². The summed E-state index contributed by atoms with van der Waals surface area (Å²) in [7, 11) is 0.